The van der Waals surface area contributed by atoms with Gasteiger partial charge in [-0.05, 0) is 61.9 Å². The molecule has 3 N–H and O–H groups in total. The molecule has 4 aromatic rings. The predicted octanol–water partition coefficient (Wildman–Crippen LogP) is 5.83. The van der Waals surface area contributed by atoms with Crippen LogP contribution in [0.15, 0.2) is 60.8 Å². The second-order valence-corrected chi connectivity index (χ2v) is 10.7. The molecule has 0 spiro atoms. The first-order valence-electron chi connectivity index (χ1n) is 12.7. The number of fused-ring (bicyclic) bond motifs is 1. The van der Waals surface area contributed by atoms with E-state index in [1.807, 2.05) is 78.2 Å². The summed E-state index contributed by atoms with van der Waals surface area (Å²) in [7, 11) is 0. The molecule has 1 saturated heterocycles. The fourth-order valence-electron chi connectivity index (χ4n) is 4.29. The number of pyridine rings is 1. The summed E-state index contributed by atoms with van der Waals surface area (Å²) in [6.07, 6.45) is 2.66. The predicted molar refractivity (Wildman–Crippen MR) is 158 cm³/mol. The van der Waals surface area contributed by atoms with E-state index >= 15 is 0 Å². The lowest BCUT2D eigenvalue weighted by molar-refractivity contribution is 0.0772. The summed E-state index contributed by atoms with van der Waals surface area (Å²) in [6.45, 7) is 5.07. The van der Waals surface area contributed by atoms with Crippen molar-refractivity contribution < 1.29 is 4.79 Å². The molecule has 1 fully saturated rings. The van der Waals surface area contributed by atoms with E-state index in [1.165, 1.54) is 0 Å². The Bertz CT molecular complexity index is 1410. The minimum absolute atomic E-state index is 0.0946. The molecular formula is C28H30ClN7OS. The van der Waals surface area contributed by atoms with Gasteiger partial charge < -0.3 is 20.9 Å². The molecule has 0 radical (unpaired) electrons. The third-order valence-electron chi connectivity index (χ3n) is 6.21. The molecule has 1 aliphatic heterocycles. The number of amides is 1. The number of anilines is 4. The van der Waals surface area contributed by atoms with Crippen molar-refractivity contribution >= 4 is 63.3 Å². The van der Waals surface area contributed by atoms with Crippen LogP contribution in [-0.4, -0.2) is 63.4 Å². The lowest BCUT2D eigenvalue weighted by atomic mass is 10.1. The van der Waals surface area contributed by atoms with Crippen molar-refractivity contribution in [1.29, 1.82) is 0 Å². The molecule has 0 unspecified atom stereocenters. The third kappa shape index (κ3) is 6.65. The van der Waals surface area contributed by atoms with Crippen LogP contribution in [0.2, 0.25) is 5.02 Å². The number of carbonyl (C=O) groups is 1. The highest BCUT2D eigenvalue weighted by molar-refractivity contribution is 7.99. The number of hydrogen-bond donors (Lipinski definition) is 3. The van der Waals surface area contributed by atoms with Crippen LogP contribution in [0.1, 0.15) is 22.5 Å². The fraction of sp³-hybridized carbons (Fsp3) is 0.286. The Morgan fingerprint density at radius 3 is 2.61 bits per heavy atom. The smallest absolute Gasteiger partial charge is 0.253 e. The van der Waals surface area contributed by atoms with Gasteiger partial charge in [-0.1, -0.05) is 11.6 Å². The SMILES string of the molecule is Cc1cc(Nc2ccc(C(=O)N3CCSCC3)cc2)nc(NCCCNc2ccnc3cc(Cl)ccc23)n1. The van der Waals surface area contributed by atoms with E-state index < -0.39 is 0 Å². The number of halogens is 1. The van der Waals surface area contributed by atoms with E-state index in [1.54, 1.807) is 6.20 Å². The highest BCUT2D eigenvalue weighted by atomic mass is 35.5. The Kier molecular flexibility index (Phi) is 8.45. The molecule has 0 atom stereocenters. The number of aryl methyl sites for hydroxylation is 1. The van der Waals surface area contributed by atoms with Gasteiger partial charge in [-0.2, -0.15) is 16.7 Å². The van der Waals surface area contributed by atoms with Crippen LogP contribution >= 0.6 is 23.4 Å². The maximum absolute atomic E-state index is 12.7. The molecule has 0 saturated carbocycles. The van der Waals surface area contributed by atoms with Crippen LogP contribution < -0.4 is 16.0 Å². The zero-order valence-electron chi connectivity index (χ0n) is 21.2. The third-order valence-corrected chi connectivity index (χ3v) is 7.39. The Morgan fingerprint density at radius 2 is 1.79 bits per heavy atom. The van der Waals surface area contributed by atoms with Crippen molar-refractivity contribution in [3.05, 3.63) is 77.1 Å². The van der Waals surface area contributed by atoms with Gasteiger partial charge in [0.1, 0.15) is 5.82 Å². The Labute approximate surface area is 231 Å². The van der Waals surface area contributed by atoms with Crippen LogP contribution in [0.5, 0.6) is 0 Å². The Balaban J connectivity index is 1.13. The summed E-state index contributed by atoms with van der Waals surface area (Å²) >= 11 is 7.98. The topological polar surface area (TPSA) is 95.1 Å². The van der Waals surface area contributed by atoms with Crippen molar-refractivity contribution in [2.45, 2.75) is 13.3 Å². The van der Waals surface area contributed by atoms with E-state index in [2.05, 4.69) is 30.9 Å². The normalized spacial score (nSPS) is 13.4. The van der Waals surface area contributed by atoms with Crippen molar-refractivity contribution in [1.82, 2.24) is 19.9 Å². The molecule has 196 valence electrons. The summed E-state index contributed by atoms with van der Waals surface area (Å²) in [5, 5.41) is 11.8. The molecular weight excluding hydrogens is 518 g/mol. The molecule has 8 nitrogen and oxygen atoms in total. The second-order valence-electron chi connectivity index (χ2n) is 9.05. The number of hydrogen-bond acceptors (Lipinski definition) is 8. The van der Waals surface area contributed by atoms with Gasteiger partial charge in [0.25, 0.3) is 5.91 Å². The van der Waals surface area contributed by atoms with Gasteiger partial charge in [0.15, 0.2) is 0 Å². The quantitative estimate of drug-likeness (QED) is 0.225. The number of carbonyl (C=O) groups excluding carboxylic acids is 1. The summed E-state index contributed by atoms with van der Waals surface area (Å²) < 4.78 is 0. The average molecular weight is 548 g/mol. The zero-order chi connectivity index (χ0) is 26.3. The Morgan fingerprint density at radius 1 is 1.00 bits per heavy atom. The molecule has 2 aromatic carbocycles. The van der Waals surface area contributed by atoms with E-state index in [0.717, 1.165) is 72.1 Å². The van der Waals surface area contributed by atoms with Gasteiger partial charge in [0.2, 0.25) is 5.95 Å². The average Bonchev–Trinajstić information content (AvgIpc) is 2.93. The highest BCUT2D eigenvalue weighted by Crippen LogP contribution is 2.24. The van der Waals surface area contributed by atoms with Gasteiger partial charge in [-0.15, -0.1) is 0 Å². The van der Waals surface area contributed by atoms with E-state index in [0.29, 0.717) is 22.4 Å². The number of benzene rings is 2. The number of rotatable bonds is 9. The number of nitrogens with one attached hydrogen (secondary N) is 3. The monoisotopic (exact) mass is 547 g/mol. The van der Waals surface area contributed by atoms with Gasteiger partial charge in [0, 0.05) is 83.0 Å². The molecule has 38 heavy (non-hydrogen) atoms. The van der Waals surface area contributed by atoms with E-state index in [-0.39, 0.29) is 5.91 Å². The minimum Gasteiger partial charge on any atom is -0.384 e. The van der Waals surface area contributed by atoms with Crippen molar-refractivity contribution in [2.24, 2.45) is 0 Å². The first-order valence-corrected chi connectivity index (χ1v) is 14.2. The van der Waals surface area contributed by atoms with Gasteiger partial charge in [-0.3, -0.25) is 9.78 Å². The first kappa shape index (κ1) is 26.1. The summed E-state index contributed by atoms with van der Waals surface area (Å²) in [5.41, 5.74) is 4.35. The number of nitrogens with zero attached hydrogens (tertiary/aromatic N) is 4. The first-order chi connectivity index (χ1) is 18.5. The zero-order valence-corrected chi connectivity index (χ0v) is 22.8. The van der Waals surface area contributed by atoms with Crippen molar-refractivity contribution in [3.8, 4) is 0 Å². The van der Waals surface area contributed by atoms with Crippen LogP contribution in [0.3, 0.4) is 0 Å². The molecule has 0 bridgehead atoms. The molecule has 1 aliphatic rings. The van der Waals surface area contributed by atoms with Gasteiger partial charge in [-0.25, -0.2) is 4.98 Å². The highest BCUT2D eigenvalue weighted by Gasteiger charge is 2.18. The molecule has 0 aliphatic carbocycles. The van der Waals surface area contributed by atoms with Crippen LogP contribution in [0.4, 0.5) is 23.1 Å². The van der Waals surface area contributed by atoms with Crippen LogP contribution in [0.25, 0.3) is 10.9 Å². The van der Waals surface area contributed by atoms with Gasteiger partial charge >= 0.3 is 0 Å². The minimum atomic E-state index is 0.0946. The fourth-order valence-corrected chi connectivity index (χ4v) is 5.36. The molecule has 2 aromatic heterocycles. The van der Waals surface area contributed by atoms with E-state index in [4.69, 9.17) is 11.6 Å². The summed E-state index contributed by atoms with van der Waals surface area (Å²) in [6, 6.07) is 17.2. The van der Waals surface area contributed by atoms with E-state index in [9.17, 15) is 4.79 Å². The lowest BCUT2D eigenvalue weighted by Gasteiger charge is -2.26. The summed E-state index contributed by atoms with van der Waals surface area (Å²) in [5.74, 6) is 3.38. The Hall–Kier alpha value is -3.56. The largest absolute Gasteiger partial charge is 0.384 e. The van der Waals surface area contributed by atoms with Crippen molar-refractivity contribution in [3.63, 3.8) is 0 Å². The molecule has 5 rings (SSSR count). The van der Waals surface area contributed by atoms with Gasteiger partial charge in [0.05, 0.1) is 5.52 Å². The molecule has 10 heteroatoms. The molecule has 3 heterocycles. The summed E-state index contributed by atoms with van der Waals surface area (Å²) in [4.78, 5) is 28.2. The van der Waals surface area contributed by atoms with Crippen molar-refractivity contribution in [2.75, 3.05) is 53.6 Å². The number of thioether (sulfide) groups is 1. The van der Waals surface area contributed by atoms with Crippen LogP contribution in [0, 0.1) is 6.92 Å². The second kappa shape index (κ2) is 12.3. The standard InChI is InChI=1S/C28H30ClN7OS/c1-19-17-26(34-22-6-3-20(4-7-22)27(37)36-13-15-38-16-14-36)35-28(33-19)32-11-2-10-30-24-9-12-31-25-18-21(29)5-8-23(24)25/h3-9,12,17-18H,2,10-11,13-16H2,1H3,(H,30,31)(H2,32,33,34,35). The lowest BCUT2D eigenvalue weighted by Crippen LogP contribution is -2.37. The maximum atomic E-state index is 12.7. The molecule has 1 amide bonds. The van der Waals surface area contributed by atoms with Crippen LogP contribution in [-0.2, 0) is 0 Å². The maximum Gasteiger partial charge on any atom is 0.253 e. The number of aromatic nitrogens is 3.